The predicted molar refractivity (Wildman–Crippen MR) is 84.5 cm³/mol. The van der Waals surface area contributed by atoms with E-state index in [0.717, 1.165) is 18.9 Å². The van der Waals surface area contributed by atoms with Gasteiger partial charge in [-0.1, -0.05) is 30.3 Å². The Labute approximate surface area is 141 Å². The van der Waals surface area contributed by atoms with Gasteiger partial charge >= 0.3 is 6.18 Å². The number of fused-ring (bicyclic) bond motifs is 1. The number of alkyl halides is 3. The molecule has 7 heteroatoms. The van der Waals surface area contributed by atoms with Gasteiger partial charge < -0.3 is 10.4 Å². The second-order valence-electron chi connectivity index (χ2n) is 6.02. The van der Waals surface area contributed by atoms with Gasteiger partial charge in [0.15, 0.2) is 0 Å². The van der Waals surface area contributed by atoms with Crippen molar-refractivity contribution in [3.05, 3.63) is 65.0 Å². The summed E-state index contributed by atoms with van der Waals surface area (Å²) in [4.78, 5) is 3.54. The molecule has 125 valence electrons. The number of nitrogens with one attached hydrogen (secondary N) is 1. The molecule has 2 N–H and O–H groups in total. The zero-order valence-electron chi connectivity index (χ0n) is 12.8. The maximum Gasteiger partial charge on any atom is 0.433 e. The van der Waals surface area contributed by atoms with E-state index in [0.29, 0.717) is 0 Å². The predicted octanol–water partition coefficient (Wildman–Crippen LogP) is 2.17. The van der Waals surface area contributed by atoms with Gasteiger partial charge in [0.1, 0.15) is 5.69 Å². The molecule has 0 spiro atoms. The third-order valence-corrected chi connectivity index (χ3v) is 4.59. The largest absolute Gasteiger partial charge is 0.433 e. The lowest BCUT2D eigenvalue weighted by Gasteiger charge is -2.26. The van der Waals surface area contributed by atoms with Crippen molar-refractivity contribution in [2.45, 2.75) is 30.3 Å². The van der Waals surface area contributed by atoms with Gasteiger partial charge in [0.05, 0.1) is 21.2 Å². The summed E-state index contributed by atoms with van der Waals surface area (Å²) < 4.78 is 38.3. The van der Waals surface area contributed by atoms with E-state index in [-0.39, 0.29) is 18.3 Å². The SMILES string of the molecule is OC([Si])(CNC1Cc2ccccc2C1)c1cccc(C(F)(F)F)n1. The highest BCUT2D eigenvalue weighted by Gasteiger charge is 2.35. The van der Waals surface area contributed by atoms with Gasteiger partial charge in [0.25, 0.3) is 0 Å². The highest BCUT2D eigenvalue weighted by atomic mass is 28.1. The van der Waals surface area contributed by atoms with E-state index < -0.39 is 17.1 Å². The quantitative estimate of drug-likeness (QED) is 0.832. The van der Waals surface area contributed by atoms with Gasteiger partial charge in [-0.3, -0.25) is 0 Å². The molecule has 24 heavy (non-hydrogen) atoms. The molecule has 0 amide bonds. The summed E-state index contributed by atoms with van der Waals surface area (Å²) in [6, 6.07) is 11.7. The van der Waals surface area contributed by atoms with Crippen molar-refractivity contribution < 1.29 is 18.3 Å². The summed E-state index contributed by atoms with van der Waals surface area (Å²) in [6.07, 6.45) is -2.89. The van der Waals surface area contributed by atoms with Crippen molar-refractivity contribution in [2.75, 3.05) is 6.54 Å². The van der Waals surface area contributed by atoms with Crippen molar-refractivity contribution in [1.29, 1.82) is 0 Å². The number of hydrogen-bond acceptors (Lipinski definition) is 3. The first-order valence-electron chi connectivity index (χ1n) is 7.58. The molecule has 0 saturated carbocycles. The maximum atomic E-state index is 12.8. The molecule has 1 aromatic carbocycles. The fourth-order valence-electron chi connectivity index (χ4n) is 2.91. The monoisotopic (exact) mass is 349 g/mol. The van der Waals surface area contributed by atoms with Crippen molar-refractivity contribution in [2.24, 2.45) is 0 Å². The van der Waals surface area contributed by atoms with Gasteiger partial charge in [-0.25, -0.2) is 4.98 Å². The van der Waals surface area contributed by atoms with Crippen molar-refractivity contribution in [1.82, 2.24) is 10.3 Å². The van der Waals surface area contributed by atoms with Crippen LogP contribution in [0.15, 0.2) is 42.5 Å². The summed E-state index contributed by atoms with van der Waals surface area (Å²) in [6.45, 7) is 0.0524. The highest BCUT2D eigenvalue weighted by molar-refractivity contribution is 6.14. The Hall–Kier alpha value is -1.70. The zero-order valence-corrected chi connectivity index (χ0v) is 13.8. The van der Waals surface area contributed by atoms with Crippen molar-refractivity contribution in [3.8, 4) is 0 Å². The number of benzene rings is 1. The number of halogens is 3. The molecule has 0 bridgehead atoms. The molecule has 1 atom stereocenters. The average molecular weight is 349 g/mol. The summed E-state index contributed by atoms with van der Waals surface area (Å²) in [7, 11) is 3.16. The van der Waals surface area contributed by atoms with E-state index in [4.69, 9.17) is 0 Å². The molecule has 2 aromatic rings. The van der Waals surface area contributed by atoms with E-state index in [2.05, 4.69) is 32.7 Å². The van der Waals surface area contributed by atoms with E-state index in [1.807, 2.05) is 12.1 Å². The fourth-order valence-corrected chi connectivity index (χ4v) is 3.15. The van der Waals surface area contributed by atoms with Crippen LogP contribution in [-0.2, 0) is 24.2 Å². The van der Waals surface area contributed by atoms with Crippen LogP contribution in [-0.4, -0.2) is 32.9 Å². The lowest BCUT2D eigenvalue weighted by molar-refractivity contribution is -0.141. The minimum Gasteiger partial charge on any atom is -0.387 e. The Morgan fingerprint density at radius 3 is 2.21 bits per heavy atom. The molecule has 1 aliphatic rings. The van der Waals surface area contributed by atoms with Crippen molar-refractivity contribution >= 4 is 10.2 Å². The van der Waals surface area contributed by atoms with E-state index in [1.165, 1.54) is 23.3 Å². The van der Waals surface area contributed by atoms with Crippen LogP contribution >= 0.6 is 0 Å². The minimum atomic E-state index is -4.54. The standard InChI is InChI=1S/C17H16F3N2OSi/c18-17(19,20)15-7-3-6-14(22-15)16(23,24)10-21-13-8-11-4-1-2-5-12(11)9-13/h1-7,13,21,23H,8-10H2. The summed E-state index contributed by atoms with van der Waals surface area (Å²) in [5.41, 5.74) is 1.41. The van der Waals surface area contributed by atoms with Gasteiger partial charge in [-0.15, -0.1) is 0 Å². The second kappa shape index (κ2) is 6.31. The van der Waals surface area contributed by atoms with Crippen LogP contribution in [0.2, 0.25) is 0 Å². The van der Waals surface area contributed by atoms with E-state index >= 15 is 0 Å². The molecule has 1 unspecified atom stereocenters. The normalized spacial score (nSPS) is 17.5. The third-order valence-electron chi connectivity index (χ3n) is 4.16. The molecule has 3 nitrogen and oxygen atoms in total. The molecule has 0 fully saturated rings. The minimum absolute atomic E-state index is 0.0524. The average Bonchev–Trinajstić information content (AvgIpc) is 2.95. The first kappa shape index (κ1) is 17.1. The molecular weight excluding hydrogens is 333 g/mol. The number of hydrogen-bond donors (Lipinski definition) is 2. The van der Waals surface area contributed by atoms with Crippen LogP contribution in [0.5, 0.6) is 0 Å². The smallest absolute Gasteiger partial charge is 0.387 e. The topological polar surface area (TPSA) is 45.1 Å². The van der Waals surface area contributed by atoms with Gasteiger partial charge in [0.2, 0.25) is 0 Å². The number of aliphatic hydroxyl groups is 1. The Bertz CT molecular complexity index is 709. The summed E-state index contributed by atoms with van der Waals surface area (Å²) in [5, 5.41) is 12.0. The first-order chi connectivity index (χ1) is 11.3. The van der Waals surface area contributed by atoms with Crippen molar-refractivity contribution in [3.63, 3.8) is 0 Å². The number of rotatable bonds is 4. The van der Waals surface area contributed by atoms with E-state index in [1.54, 1.807) is 0 Å². The lowest BCUT2D eigenvalue weighted by Crippen LogP contribution is -2.44. The van der Waals surface area contributed by atoms with Gasteiger partial charge in [-0.05, 0) is 36.1 Å². The molecule has 3 radical (unpaired) electrons. The van der Waals surface area contributed by atoms with Crippen LogP contribution in [0.3, 0.4) is 0 Å². The molecule has 1 aliphatic carbocycles. The first-order valence-corrected chi connectivity index (χ1v) is 8.08. The highest BCUT2D eigenvalue weighted by Crippen LogP contribution is 2.29. The van der Waals surface area contributed by atoms with Crippen LogP contribution in [0.1, 0.15) is 22.5 Å². The number of nitrogens with zero attached hydrogens (tertiary/aromatic N) is 1. The summed E-state index contributed by atoms with van der Waals surface area (Å²) >= 11 is 0. The maximum absolute atomic E-state index is 12.8. The Balaban J connectivity index is 1.67. The fraction of sp³-hybridized carbons (Fsp3) is 0.353. The summed E-state index contributed by atoms with van der Waals surface area (Å²) in [5.74, 6) is 0. The molecule has 1 heterocycles. The lowest BCUT2D eigenvalue weighted by atomic mass is 10.1. The van der Waals surface area contributed by atoms with Crippen LogP contribution in [0.25, 0.3) is 0 Å². The number of aromatic nitrogens is 1. The molecule has 0 aliphatic heterocycles. The Morgan fingerprint density at radius 2 is 1.62 bits per heavy atom. The Morgan fingerprint density at radius 1 is 1.04 bits per heavy atom. The van der Waals surface area contributed by atoms with Crippen LogP contribution in [0, 0.1) is 0 Å². The molecule has 3 rings (SSSR count). The molecular formula is C17H16F3N2OSi. The van der Waals surface area contributed by atoms with Crippen LogP contribution in [0.4, 0.5) is 13.2 Å². The Kier molecular flexibility index (Phi) is 4.50. The number of pyridine rings is 1. The second-order valence-corrected chi connectivity index (χ2v) is 6.85. The third kappa shape index (κ3) is 3.68. The molecule has 1 aromatic heterocycles. The van der Waals surface area contributed by atoms with Gasteiger partial charge in [-0.2, -0.15) is 13.2 Å². The molecule has 0 saturated heterocycles. The van der Waals surface area contributed by atoms with E-state index in [9.17, 15) is 18.3 Å². The van der Waals surface area contributed by atoms with Gasteiger partial charge in [0, 0.05) is 12.6 Å². The zero-order chi connectivity index (χ0) is 17.4. The van der Waals surface area contributed by atoms with Crippen LogP contribution < -0.4 is 5.32 Å².